The Kier molecular flexibility index (Phi) is 11.7. The molecule has 0 saturated heterocycles. The van der Waals surface area contributed by atoms with Crippen LogP contribution < -0.4 is 21.3 Å². The van der Waals surface area contributed by atoms with E-state index in [1.54, 1.807) is 21.8 Å². The van der Waals surface area contributed by atoms with E-state index in [0.29, 0.717) is 0 Å². The molecule has 58 heavy (non-hydrogen) atoms. The highest BCUT2D eigenvalue weighted by molar-refractivity contribution is 5.89. The molecule has 4 aromatic carbocycles. The number of aryl methyl sites for hydroxylation is 2. The molecule has 0 saturated carbocycles. The SMILES string of the molecule is Cc1c(C#N)ccc2c1CCC[C@@H]2Nc1ccc(C=N)c(Nc2cnn(C)c2)c1.Cc1c(C#N)ccc2c1CCC[C@H]2Nc1ccc(C=N)c(Nc2cnn(C)c2)c1.[HH].[HH]. The first-order chi connectivity index (χ1) is 28.2. The standard InChI is InChI=1S/2C23H24N6.2H2/c2*1-15-16(11-24)7-9-21-20(15)4-3-5-22(21)27-18-8-6-17(12-25)23(10-18)28-19-13-26-29(2)14-19;;/h2*6-10,12-14,22,25,27-28H,3-5H2,1-2H3;2*1H/t2*22-;;/m10../s1. The van der Waals surface area contributed by atoms with Crippen LogP contribution in [0.1, 0.15) is 96.3 Å². The number of hydrogen-bond acceptors (Lipinski definition) is 10. The van der Waals surface area contributed by atoms with Gasteiger partial charge >= 0.3 is 0 Å². The van der Waals surface area contributed by atoms with Crippen molar-refractivity contribution in [3.63, 3.8) is 0 Å². The Hall–Kier alpha value is -7.18. The monoisotopic (exact) mass is 772 g/mol. The van der Waals surface area contributed by atoms with Crippen LogP contribution in [-0.4, -0.2) is 32.0 Å². The summed E-state index contributed by atoms with van der Waals surface area (Å²) in [6.45, 7) is 4.10. The molecule has 0 bridgehead atoms. The van der Waals surface area contributed by atoms with Crippen molar-refractivity contribution in [2.24, 2.45) is 14.1 Å². The maximum atomic E-state index is 9.33. The van der Waals surface area contributed by atoms with E-state index in [1.165, 1.54) is 34.7 Å². The molecule has 6 N–H and O–H groups in total. The summed E-state index contributed by atoms with van der Waals surface area (Å²) in [6, 6.07) is 25.1. The number of benzene rings is 4. The third kappa shape index (κ3) is 8.47. The first-order valence-corrected chi connectivity index (χ1v) is 19.6. The Labute approximate surface area is 342 Å². The van der Waals surface area contributed by atoms with Crippen LogP contribution in [0.2, 0.25) is 0 Å². The molecule has 2 atom stereocenters. The van der Waals surface area contributed by atoms with Crippen LogP contribution in [0, 0.1) is 47.3 Å². The molecule has 0 unspecified atom stereocenters. The molecule has 0 amide bonds. The van der Waals surface area contributed by atoms with Crippen molar-refractivity contribution in [3.8, 4) is 12.1 Å². The van der Waals surface area contributed by atoms with Crippen molar-refractivity contribution in [3.05, 3.63) is 141 Å². The van der Waals surface area contributed by atoms with Gasteiger partial charge in [0.2, 0.25) is 0 Å². The summed E-state index contributed by atoms with van der Waals surface area (Å²) in [4.78, 5) is 0. The van der Waals surface area contributed by atoms with Crippen LogP contribution in [0.4, 0.5) is 34.1 Å². The van der Waals surface area contributed by atoms with E-state index in [2.05, 4.69) is 69.6 Å². The lowest BCUT2D eigenvalue weighted by atomic mass is 9.83. The molecular formula is C46H52N12. The van der Waals surface area contributed by atoms with Crippen LogP contribution in [0.5, 0.6) is 0 Å². The third-order valence-electron chi connectivity index (χ3n) is 11.2. The molecule has 0 fully saturated rings. The summed E-state index contributed by atoms with van der Waals surface area (Å²) in [6.07, 6.45) is 16.4. The Morgan fingerprint density at radius 3 is 1.45 bits per heavy atom. The molecule has 8 rings (SSSR count). The lowest BCUT2D eigenvalue weighted by molar-refractivity contribution is 0.598. The molecule has 2 aliphatic carbocycles. The number of nitrogens with one attached hydrogen (secondary N) is 6. The zero-order valence-corrected chi connectivity index (χ0v) is 33.3. The lowest BCUT2D eigenvalue weighted by Crippen LogP contribution is -2.18. The maximum Gasteiger partial charge on any atom is 0.0994 e. The maximum absolute atomic E-state index is 9.33. The highest BCUT2D eigenvalue weighted by Gasteiger charge is 2.24. The van der Waals surface area contributed by atoms with Crippen LogP contribution in [-0.2, 0) is 26.9 Å². The van der Waals surface area contributed by atoms with Crippen LogP contribution in [0.15, 0.2) is 85.5 Å². The summed E-state index contributed by atoms with van der Waals surface area (Å²) < 4.78 is 3.48. The second kappa shape index (κ2) is 17.3. The Morgan fingerprint density at radius 1 is 0.655 bits per heavy atom. The normalized spacial score (nSPS) is 15.3. The Morgan fingerprint density at radius 2 is 1.09 bits per heavy atom. The average Bonchev–Trinajstić information content (AvgIpc) is 3.85. The summed E-state index contributed by atoms with van der Waals surface area (Å²) >= 11 is 0. The zero-order valence-electron chi connectivity index (χ0n) is 33.3. The number of aromatic nitrogens is 4. The van der Waals surface area contributed by atoms with Gasteiger partial charge in [-0.3, -0.25) is 9.36 Å². The summed E-state index contributed by atoms with van der Waals surface area (Å²) in [5.41, 5.74) is 16.1. The molecule has 2 aromatic heterocycles. The number of nitrogens with zero attached hydrogens (tertiary/aromatic N) is 6. The second-order valence-electron chi connectivity index (χ2n) is 15.0. The fraction of sp³-hybridized carbons (Fsp3) is 0.261. The summed E-state index contributed by atoms with van der Waals surface area (Å²) in [7, 11) is 3.75. The smallest absolute Gasteiger partial charge is 0.0994 e. The average molecular weight is 773 g/mol. The van der Waals surface area contributed by atoms with E-state index < -0.39 is 0 Å². The molecule has 2 heterocycles. The number of anilines is 6. The van der Waals surface area contributed by atoms with E-state index >= 15 is 0 Å². The van der Waals surface area contributed by atoms with E-state index in [-0.39, 0.29) is 14.9 Å². The fourth-order valence-electron chi connectivity index (χ4n) is 8.14. The molecule has 2 aliphatic rings. The molecule has 12 nitrogen and oxygen atoms in total. The van der Waals surface area contributed by atoms with Gasteiger partial charge in [0, 0.05) is 75.6 Å². The molecule has 0 radical (unpaired) electrons. The van der Waals surface area contributed by atoms with Crippen molar-refractivity contribution in [1.29, 1.82) is 21.3 Å². The van der Waals surface area contributed by atoms with E-state index in [9.17, 15) is 10.5 Å². The number of rotatable bonds is 10. The van der Waals surface area contributed by atoms with E-state index in [4.69, 9.17) is 10.8 Å². The second-order valence-corrected chi connectivity index (χ2v) is 15.0. The Balaban J connectivity index is 0.000000220. The number of hydrogen-bond donors (Lipinski definition) is 6. The van der Waals surface area contributed by atoms with Gasteiger partial charge in [-0.05, 0) is 134 Å². The lowest BCUT2D eigenvalue weighted by Gasteiger charge is -2.29. The van der Waals surface area contributed by atoms with E-state index in [1.807, 2.05) is 75.0 Å². The largest absolute Gasteiger partial charge is 0.378 e. The van der Waals surface area contributed by atoms with Crippen molar-refractivity contribution >= 4 is 46.6 Å². The minimum Gasteiger partial charge on any atom is -0.378 e. The third-order valence-corrected chi connectivity index (χ3v) is 11.2. The molecule has 0 spiro atoms. The van der Waals surface area contributed by atoms with Gasteiger partial charge in [-0.15, -0.1) is 0 Å². The van der Waals surface area contributed by atoms with E-state index in [0.717, 1.165) is 106 Å². The number of fused-ring (bicyclic) bond motifs is 2. The predicted molar refractivity (Wildman–Crippen MR) is 236 cm³/mol. The first-order valence-electron chi connectivity index (χ1n) is 19.6. The molecule has 296 valence electrons. The Bertz CT molecular complexity index is 2400. The van der Waals surface area contributed by atoms with Gasteiger partial charge in [0.25, 0.3) is 0 Å². The van der Waals surface area contributed by atoms with Gasteiger partial charge in [0.05, 0.1) is 59.1 Å². The van der Waals surface area contributed by atoms with Crippen LogP contribution in [0.25, 0.3) is 0 Å². The number of nitriles is 2. The molecule has 0 aliphatic heterocycles. The van der Waals surface area contributed by atoms with Crippen molar-refractivity contribution in [2.75, 3.05) is 21.3 Å². The molecular weight excluding hydrogens is 721 g/mol. The van der Waals surface area contributed by atoms with Crippen molar-refractivity contribution in [1.82, 2.24) is 19.6 Å². The summed E-state index contributed by atoms with van der Waals surface area (Å²) in [5, 5.41) is 56.5. The van der Waals surface area contributed by atoms with Gasteiger partial charge in [0.15, 0.2) is 0 Å². The fourth-order valence-corrected chi connectivity index (χ4v) is 8.14. The van der Waals surface area contributed by atoms with Gasteiger partial charge in [0.1, 0.15) is 0 Å². The first kappa shape index (κ1) is 39.1. The van der Waals surface area contributed by atoms with Gasteiger partial charge in [-0.2, -0.15) is 20.7 Å². The van der Waals surface area contributed by atoms with Gasteiger partial charge < -0.3 is 32.1 Å². The quantitative estimate of drug-likeness (QED) is 0.0745. The van der Waals surface area contributed by atoms with Crippen molar-refractivity contribution < 1.29 is 2.85 Å². The minimum atomic E-state index is 0. The predicted octanol–water partition coefficient (Wildman–Crippen LogP) is 10.2. The topological polar surface area (TPSA) is 179 Å². The van der Waals surface area contributed by atoms with Crippen molar-refractivity contribution in [2.45, 2.75) is 64.5 Å². The minimum absolute atomic E-state index is 0. The highest BCUT2D eigenvalue weighted by atomic mass is 15.3. The highest BCUT2D eigenvalue weighted by Crippen LogP contribution is 2.38. The van der Waals surface area contributed by atoms with Crippen LogP contribution in [0.3, 0.4) is 0 Å². The summed E-state index contributed by atoms with van der Waals surface area (Å²) in [5.74, 6) is 0. The molecule has 6 aromatic rings. The van der Waals surface area contributed by atoms with Gasteiger partial charge in [-0.25, -0.2) is 0 Å². The van der Waals surface area contributed by atoms with Gasteiger partial charge in [-0.1, -0.05) is 12.1 Å². The zero-order chi connectivity index (χ0) is 40.8. The molecule has 12 heteroatoms. The van der Waals surface area contributed by atoms with Crippen LogP contribution >= 0.6 is 0 Å².